The summed E-state index contributed by atoms with van der Waals surface area (Å²) in [5, 5.41) is 13.3. The van der Waals surface area contributed by atoms with Gasteiger partial charge < -0.3 is 15.2 Å². The first-order valence-corrected chi connectivity index (χ1v) is 7.21. The lowest BCUT2D eigenvalue weighted by atomic mass is 10.1. The number of aliphatic hydroxyl groups is 1. The Bertz CT molecular complexity index is 423. The van der Waals surface area contributed by atoms with Crippen LogP contribution in [0.15, 0.2) is 18.2 Å². The molecule has 2 N–H and O–H groups in total. The summed E-state index contributed by atoms with van der Waals surface area (Å²) in [7, 11) is 0. The predicted octanol–water partition coefficient (Wildman–Crippen LogP) is 2.82. The summed E-state index contributed by atoms with van der Waals surface area (Å²) in [5.41, 5.74) is 2.00. The number of aryl methyl sites for hydroxylation is 1. The molecule has 1 aliphatic carbocycles. The molecular weight excluding hydrogens is 238 g/mol. The van der Waals surface area contributed by atoms with E-state index < -0.39 is 5.60 Å². The van der Waals surface area contributed by atoms with Crippen molar-refractivity contribution < 1.29 is 9.84 Å². The number of ether oxygens (including phenoxy) is 1. The van der Waals surface area contributed by atoms with Crippen LogP contribution in [0.2, 0.25) is 0 Å². The molecular formula is C16H25NO2. The number of fused-ring (bicyclic) bond motifs is 1. The zero-order valence-corrected chi connectivity index (χ0v) is 12.2. The lowest BCUT2D eigenvalue weighted by Gasteiger charge is -2.18. The van der Waals surface area contributed by atoms with E-state index in [1.807, 2.05) is 6.07 Å². The summed E-state index contributed by atoms with van der Waals surface area (Å²) in [5.74, 6) is 0.858. The van der Waals surface area contributed by atoms with Gasteiger partial charge in [-0.2, -0.15) is 0 Å². The topological polar surface area (TPSA) is 41.5 Å². The van der Waals surface area contributed by atoms with Crippen LogP contribution in [0.25, 0.3) is 0 Å². The maximum Gasteiger partial charge on any atom is 0.119 e. The SMILES string of the molecule is CCCNC1CCc2cc(OCC(C)(C)O)ccc21. The Morgan fingerprint density at radius 1 is 1.42 bits per heavy atom. The van der Waals surface area contributed by atoms with E-state index >= 15 is 0 Å². The van der Waals surface area contributed by atoms with Gasteiger partial charge in [0.2, 0.25) is 0 Å². The molecule has 0 radical (unpaired) electrons. The Balaban J connectivity index is 2.01. The summed E-state index contributed by atoms with van der Waals surface area (Å²) >= 11 is 0. The molecule has 3 heteroatoms. The van der Waals surface area contributed by atoms with Crippen LogP contribution in [0.1, 0.15) is 50.8 Å². The van der Waals surface area contributed by atoms with E-state index in [1.165, 1.54) is 24.0 Å². The summed E-state index contributed by atoms with van der Waals surface area (Å²) in [4.78, 5) is 0. The summed E-state index contributed by atoms with van der Waals surface area (Å²) in [6.07, 6.45) is 3.44. The molecule has 0 aromatic heterocycles. The Morgan fingerprint density at radius 2 is 2.21 bits per heavy atom. The molecule has 1 aromatic carbocycles. The quantitative estimate of drug-likeness (QED) is 0.829. The standard InChI is InChI=1S/C16H25NO2/c1-4-9-17-15-8-5-12-10-13(6-7-14(12)15)19-11-16(2,3)18/h6-7,10,15,17-18H,4-5,8-9,11H2,1-3H3. The first-order valence-electron chi connectivity index (χ1n) is 7.21. The lowest BCUT2D eigenvalue weighted by Crippen LogP contribution is -2.27. The van der Waals surface area contributed by atoms with Gasteiger partial charge in [-0.1, -0.05) is 13.0 Å². The Kier molecular flexibility index (Phi) is 4.48. The molecule has 0 fully saturated rings. The van der Waals surface area contributed by atoms with Crippen molar-refractivity contribution in [2.75, 3.05) is 13.2 Å². The van der Waals surface area contributed by atoms with Crippen LogP contribution in [0.4, 0.5) is 0 Å². The highest BCUT2D eigenvalue weighted by Crippen LogP contribution is 2.33. The molecule has 0 bridgehead atoms. The molecule has 2 rings (SSSR count). The third-order valence-corrected chi connectivity index (χ3v) is 3.43. The smallest absolute Gasteiger partial charge is 0.119 e. The molecule has 0 saturated heterocycles. The summed E-state index contributed by atoms with van der Waals surface area (Å²) in [6, 6.07) is 6.79. The van der Waals surface area contributed by atoms with Crippen molar-refractivity contribution in [3.8, 4) is 5.75 Å². The minimum absolute atomic E-state index is 0.323. The zero-order valence-electron chi connectivity index (χ0n) is 12.2. The van der Waals surface area contributed by atoms with Gasteiger partial charge in [0, 0.05) is 6.04 Å². The summed E-state index contributed by atoms with van der Waals surface area (Å²) in [6.45, 7) is 7.09. The molecule has 106 valence electrons. The zero-order chi connectivity index (χ0) is 13.9. The van der Waals surface area contributed by atoms with Crippen molar-refractivity contribution in [2.45, 2.75) is 51.7 Å². The first-order chi connectivity index (χ1) is 8.99. The third-order valence-electron chi connectivity index (χ3n) is 3.43. The number of benzene rings is 1. The lowest BCUT2D eigenvalue weighted by molar-refractivity contribution is 0.0284. The molecule has 0 heterocycles. The fourth-order valence-corrected chi connectivity index (χ4v) is 2.47. The van der Waals surface area contributed by atoms with Gasteiger partial charge in [-0.3, -0.25) is 0 Å². The fraction of sp³-hybridized carbons (Fsp3) is 0.625. The Morgan fingerprint density at radius 3 is 2.89 bits per heavy atom. The molecule has 1 aliphatic rings. The maximum atomic E-state index is 9.68. The molecule has 3 nitrogen and oxygen atoms in total. The van der Waals surface area contributed by atoms with Crippen molar-refractivity contribution in [1.29, 1.82) is 0 Å². The fourth-order valence-electron chi connectivity index (χ4n) is 2.47. The average molecular weight is 263 g/mol. The van der Waals surface area contributed by atoms with E-state index in [2.05, 4.69) is 24.4 Å². The molecule has 0 saturated carbocycles. The van der Waals surface area contributed by atoms with Gasteiger partial charge >= 0.3 is 0 Å². The molecule has 0 aliphatic heterocycles. The van der Waals surface area contributed by atoms with Gasteiger partial charge in [0.25, 0.3) is 0 Å². The van der Waals surface area contributed by atoms with E-state index in [4.69, 9.17) is 4.74 Å². The Hall–Kier alpha value is -1.06. The molecule has 0 spiro atoms. The maximum absolute atomic E-state index is 9.68. The monoisotopic (exact) mass is 263 g/mol. The van der Waals surface area contributed by atoms with Crippen LogP contribution >= 0.6 is 0 Å². The van der Waals surface area contributed by atoms with Gasteiger partial charge in [-0.15, -0.1) is 0 Å². The first kappa shape index (κ1) is 14.4. The van der Waals surface area contributed by atoms with E-state index in [9.17, 15) is 5.11 Å². The van der Waals surface area contributed by atoms with Gasteiger partial charge in [0.1, 0.15) is 12.4 Å². The second-order valence-electron chi connectivity index (χ2n) is 6.01. The average Bonchev–Trinajstić information content (AvgIpc) is 2.75. The van der Waals surface area contributed by atoms with Crippen LogP contribution in [0, 0.1) is 0 Å². The van der Waals surface area contributed by atoms with Crippen molar-refractivity contribution in [3.63, 3.8) is 0 Å². The second kappa shape index (κ2) is 5.93. The molecule has 19 heavy (non-hydrogen) atoms. The van der Waals surface area contributed by atoms with Crippen molar-refractivity contribution in [2.24, 2.45) is 0 Å². The highest BCUT2D eigenvalue weighted by Gasteiger charge is 2.22. The van der Waals surface area contributed by atoms with E-state index in [0.717, 1.165) is 18.7 Å². The van der Waals surface area contributed by atoms with Gasteiger partial charge in [-0.25, -0.2) is 0 Å². The van der Waals surface area contributed by atoms with Crippen LogP contribution < -0.4 is 10.1 Å². The van der Waals surface area contributed by atoms with E-state index in [1.54, 1.807) is 13.8 Å². The van der Waals surface area contributed by atoms with E-state index in [0.29, 0.717) is 12.6 Å². The Labute approximate surface area is 116 Å². The minimum atomic E-state index is -0.787. The molecule has 1 atom stereocenters. The molecule has 1 aromatic rings. The van der Waals surface area contributed by atoms with Crippen LogP contribution in [-0.2, 0) is 6.42 Å². The van der Waals surface area contributed by atoms with Crippen LogP contribution in [0.3, 0.4) is 0 Å². The number of hydrogen-bond donors (Lipinski definition) is 2. The normalized spacial score (nSPS) is 18.4. The third kappa shape index (κ3) is 3.95. The molecule has 1 unspecified atom stereocenters. The van der Waals surface area contributed by atoms with Crippen molar-refractivity contribution in [1.82, 2.24) is 5.32 Å². The van der Waals surface area contributed by atoms with Gasteiger partial charge in [-0.05, 0) is 62.9 Å². The van der Waals surface area contributed by atoms with Crippen LogP contribution in [-0.4, -0.2) is 23.9 Å². The minimum Gasteiger partial charge on any atom is -0.491 e. The van der Waals surface area contributed by atoms with Crippen molar-refractivity contribution >= 4 is 0 Å². The number of hydrogen-bond acceptors (Lipinski definition) is 3. The van der Waals surface area contributed by atoms with Crippen molar-refractivity contribution in [3.05, 3.63) is 29.3 Å². The molecule has 0 amide bonds. The highest BCUT2D eigenvalue weighted by molar-refractivity contribution is 5.40. The highest BCUT2D eigenvalue weighted by atomic mass is 16.5. The second-order valence-corrected chi connectivity index (χ2v) is 6.01. The van der Waals surface area contributed by atoms with Gasteiger partial charge in [0.05, 0.1) is 5.60 Å². The largest absolute Gasteiger partial charge is 0.491 e. The van der Waals surface area contributed by atoms with Crippen LogP contribution in [0.5, 0.6) is 5.75 Å². The summed E-state index contributed by atoms with van der Waals surface area (Å²) < 4.78 is 5.64. The van der Waals surface area contributed by atoms with Gasteiger partial charge in [0.15, 0.2) is 0 Å². The number of rotatable bonds is 6. The number of nitrogens with one attached hydrogen (secondary N) is 1. The predicted molar refractivity (Wildman–Crippen MR) is 77.6 cm³/mol. The van der Waals surface area contributed by atoms with E-state index in [-0.39, 0.29) is 0 Å².